The van der Waals surface area contributed by atoms with Crippen molar-refractivity contribution >= 4 is 17.6 Å². The van der Waals surface area contributed by atoms with Crippen LogP contribution in [0.2, 0.25) is 0 Å². The van der Waals surface area contributed by atoms with E-state index in [2.05, 4.69) is 59.9 Å². The number of hydrogen-bond acceptors (Lipinski definition) is 3. The largest absolute Gasteiger partial charge is 0.355 e. The first-order valence-electron chi connectivity index (χ1n) is 7.68. The zero-order chi connectivity index (χ0) is 13.9. The van der Waals surface area contributed by atoms with Crippen LogP contribution in [-0.2, 0) is 6.42 Å². The number of fused-ring (bicyclic) bond motifs is 1. The molecule has 1 N–H and O–H groups in total. The van der Waals surface area contributed by atoms with E-state index < -0.39 is 0 Å². The quantitative estimate of drug-likeness (QED) is 0.666. The lowest BCUT2D eigenvalue weighted by Crippen LogP contribution is -2.40. The molecule has 0 bridgehead atoms. The molecule has 1 aliphatic carbocycles. The van der Waals surface area contributed by atoms with Gasteiger partial charge in [0, 0.05) is 17.5 Å². The van der Waals surface area contributed by atoms with E-state index in [1.165, 1.54) is 30.5 Å². The van der Waals surface area contributed by atoms with Gasteiger partial charge in [0.25, 0.3) is 0 Å². The van der Waals surface area contributed by atoms with Gasteiger partial charge in [-0.25, -0.2) is 4.72 Å². The van der Waals surface area contributed by atoms with Gasteiger partial charge in [-0.3, -0.25) is 0 Å². The van der Waals surface area contributed by atoms with Gasteiger partial charge >= 0.3 is 0 Å². The molecule has 0 fully saturated rings. The van der Waals surface area contributed by atoms with Gasteiger partial charge in [-0.2, -0.15) is 0 Å². The van der Waals surface area contributed by atoms with Crippen LogP contribution in [0, 0.1) is 5.92 Å². The Labute approximate surface area is 126 Å². The summed E-state index contributed by atoms with van der Waals surface area (Å²) >= 11 is 1.89. The van der Waals surface area contributed by atoms with Gasteiger partial charge in [0.15, 0.2) is 0 Å². The van der Waals surface area contributed by atoms with Crippen molar-refractivity contribution < 1.29 is 0 Å². The second kappa shape index (κ2) is 6.23. The van der Waals surface area contributed by atoms with Gasteiger partial charge in [0.1, 0.15) is 0 Å². The molecular weight excluding hydrogens is 264 g/mol. The van der Waals surface area contributed by atoms with Gasteiger partial charge in [0.05, 0.1) is 6.17 Å². The highest BCUT2D eigenvalue weighted by atomic mass is 32.2. The van der Waals surface area contributed by atoms with Gasteiger partial charge in [0.2, 0.25) is 0 Å². The Morgan fingerprint density at radius 1 is 1.25 bits per heavy atom. The molecule has 1 aromatic rings. The van der Waals surface area contributed by atoms with E-state index in [1.807, 2.05) is 11.9 Å². The number of benzene rings is 1. The van der Waals surface area contributed by atoms with Crippen molar-refractivity contribution in [3.05, 3.63) is 42.0 Å². The number of allylic oxidation sites excluding steroid dienone is 1. The lowest BCUT2D eigenvalue weighted by Gasteiger charge is -2.29. The summed E-state index contributed by atoms with van der Waals surface area (Å²) in [6.45, 7) is 5.70. The molecule has 3 heteroatoms. The Morgan fingerprint density at radius 2 is 2.10 bits per heavy atom. The molecule has 20 heavy (non-hydrogen) atoms. The minimum Gasteiger partial charge on any atom is -0.355 e. The molecule has 0 spiro atoms. The summed E-state index contributed by atoms with van der Waals surface area (Å²) in [6, 6.07) is 8.78. The second-order valence-corrected chi connectivity index (χ2v) is 7.04. The lowest BCUT2D eigenvalue weighted by atomic mass is 9.98. The minimum absolute atomic E-state index is 0.386. The average molecular weight is 288 g/mol. The number of para-hydroxylation sites is 1. The van der Waals surface area contributed by atoms with E-state index in [-0.39, 0.29) is 0 Å². The molecule has 0 saturated heterocycles. The number of nitrogens with zero attached hydrogens (tertiary/aromatic N) is 1. The maximum atomic E-state index is 3.64. The highest BCUT2D eigenvalue weighted by molar-refractivity contribution is 7.98. The molecule has 1 aliphatic heterocycles. The number of rotatable bonds is 4. The van der Waals surface area contributed by atoms with Crippen molar-refractivity contribution in [2.75, 3.05) is 11.4 Å². The van der Waals surface area contributed by atoms with Crippen molar-refractivity contribution in [2.24, 2.45) is 5.92 Å². The smallest absolute Gasteiger partial charge is 0.0858 e. The zero-order valence-corrected chi connectivity index (χ0v) is 13.2. The fraction of sp³-hybridized carbons (Fsp3) is 0.529. The molecule has 0 amide bonds. The van der Waals surface area contributed by atoms with Crippen LogP contribution in [0.25, 0.3) is 0 Å². The standard InChI is InChI=1S/C17H24N2S/c1-13-7-9-16(10-8-13)20-18-14(2)19-12-11-15-5-3-4-6-17(15)19/h3-7,9,13-14,16,18H,8,10-12H2,1-2H3. The fourth-order valence-electron chi connectivity index (χ4n) is 3.05. The van der Waals surface area contributed by atoms with Crippen LogP contribution in [0.1, 0.15) is 32.3 Å². The van der Waals surface area contributed by atoms with E-state index in [4.69, 9.17) is 0 Å². The monoisotopic (exact) mass is 288 g/mol. The summed E-state index contributed by atoms with van der Waals surface area (Å²) in [7, 11) is 0. The van der Waals surface area contributed by atoms with Crippen LogP contribution in [0.4, 0.5) is 5.69 Å². The van der Waals surface area contributed by atoms with Crippen LogP contribution in [0.5, 0.6) is 0 Å². The number of nitrogens with one attached hydrogen (secondary N) is 1. The maximum absolute atomic E-state index is 3.64. The van der Waals surface area contributed by atoms with Crippen molar-refractivity contribution in [1.82, 2.24) is 4.72 Å². The molecule has 2 nitrogen and oxygen atoms in total. The zero-order valence-electron chi connectivity index (χ0n) is 12.4. The average Bonchev–Trinajstić information content (AvgIpc) is 2.90. The van der Waals surface area contributed by atoms with E-state index in [0.717, 1.165) is 12.5 Å². The Bertz CT molecular complexity index is 486. The third-order valence-electron chi connectivity index (χ3n) is 4.34. The second-order valence-electron chi connectivity index (χ2n) is 5.96. The summed E-state index contributed by atoms with van der Waals surface area (Å²) in [6.07, 6.45) is 8.90. The van der Waals surface area contributed by atoms with Crippen LogP contribution >= 0.6 is 11.9 Å². The molecule has 108 valence electrons. The highest BCUT2D eigenvalue weighted by Crippen LogP contribution is 2.30. The molecule has 1 heterocycles. The Balaban J connectivity index is 1.55. The number of anilines is 1. The minimum atomic E-state index is 0.386. The molecule has 1 aromatic carbocycles. The third-order valence-corrected chi connectivity index (χ3v) is 5.51. The molecule has 0 radical (unpaired) electrons. The first kappa shape index (κ1) is 14.0. The van der Waals surface area contributed by atoms with E-state index in [9.17, 15) is 0 Å². The third kappa shape index (κ3) is 3.04. The van der Waals surface area contributed by atoms with Crippen LogP contribution < -0.4 is 9.62 Å². The topological polar surface area (TPSA) is 15.3 Å². The van der Waals surface area contributed by atoms with Crippen LogP contribution in [0.3, 0.4) is 0 Å². The van der Waals surface area contributed by atoms with Crippen molar-refractivity contribution in [2.45, 2.75) is 44.5 Å². The molecule has 3 atom stereocenters. The molecule has 0 saturated carbocycles. The Hall–Kier alpha value is -0.930. The van der Waals surface area contributed by atoms with Gasteiger partial charge in [-0.15, -0.1) is 0 Å². The summed E-state index contributed by atoms with van der Waals surface area (Å²) in [4.78, 5) is 2.48. The summed E-state index contributed by atoms with van der Waals surface area (Å²) < 4.78 is 3.64. The van der Waals surface area contributed by atoms with Gasteiger partial charge < -0.3 is 4.90 Å². The summed E-state index contributed by atoms with van der Waals surface area (Å²) in [5.74, 6) is 0.759. The van der Waals surface area contributed by atoms with E-state index in [0.29, 0.717) is 11.4 Å². The molecule has 3 unspecified atom stereocenters. The van der Waals surface area contributed by atoms with Crippen molar-refractivity contribution in [1.29, 1.82) is 0 Å². The fourth-order valence-corrected chi connectivity index (χ4v) is 3.97. The molecule has 2 aliphatic rings. The Kier molecular flexibility index (Phi) is 4.37. The van der Waals surface area contributed by atoms with Crippen molar-refractivity contribution in [3.8, 4) is 0 Å². The lowest BCUT2D eigenvalue weighted by molar-refractivity contribution is 0.586. The number of hydrogen-bond donors (Lipinski definition) is 1. The van der Waals surface area contributed by atoms with E-state index in [1.54, 1.807) is 0 Å². The molecule has 3 rings (SSSR count). The van der Waals surface area contributed by atoms with Crippen molar-refractivity contribution in [3.63, 3.8) is 0 Å². The molecular formula is C17H24N2S. The van der Waals surface area contributed by atoms with Gasteiger partial charge in [-0.05, 0) is 43.7 Å². The predicted octanol–water partition coefficient (Wildman–Crippen LogP) is 3.99. The van der Waals surface area contributed by atoms with Crippen LogP contribution in [0.15, 0.2) is 36.4 Å². The first-order valence-corrected chi connectivity index (χ1v) is 8.56. The normalized spacial score (nSPS) is 26.6. The summed E-state index contributed by atoms with van der Waals surface area (Å²) in [5, 5.41) is 0.631. The summed E-state index contributed by atoms with van der Waals surface area (Å²) in [5.41, 5.74) is 2.89. The molecule has 0 aromatic heterocycles. The Morgan fingerprint density at radius 3 is 2.90 bits per heavy atom. The maximum Gasteiger partial charge on any atom is 0.0858 e. The van der Waals surface area contributed by atoms with Gasteiger partial charge in [-0.1, -0.05) is 49.2 Å². The van der Waals surface area contributed by atoms with Crippen LogP contribution in [-0.4, -0.2) is 18.0 Å². The highest BCUT2D eigenvalue weighted by Gasteiger charge is 2.23. The van der Waals surface area contributed by atoms with E-state index >= 15 is 0 Å². The first-order chi connectivity index (χ1) is 9.74. The predicted molar refractivity (Wildman–Crippen MR) is 89.0 cm³/mol. The SMILES string of the molecule is CC1C=CC(SNC(C)N2CCc3ccccc32)CC1.